The lowest BCUT2D eigenvalue weighted by molar-refractivity contribution is 0.985. The van der Waals surface area contributed by atoms with Crippen LogP contribution >= 0.6 is 36.7 Å². The summed E-state index contributed by atoms with van der Waals surface area (Å²) in [4.78, 5) is 4.23. The molecule has 0 fully saturated rings. The van der Waals surface area contributed by atoms with Crippen LogP contribution < -0.4 is 27.7 Å². The van der Waals surface area contributed by atoms with Crippen LogP contribution in [0.4, 0.5) is 0 Å². The van der Waals surface area contributed by atoms with Crippen molar-refractivity contribution in [2.45, 2.75) is 39.5 Å². The van der Waals surface area contributed by atoms with Crippen molar-refractivity contribution in [2.24, 2.45) is 31.8 Å². The van der Waals surface area contributed by atoms with Crippen LogP contribution in [0.1, 0.15) is 39.5 Å². The first kappa shape index (κ1) is 23.7. The maximum Gasteiger partial charge on any atom is 0.213 e. The lowest BCUT2D eigenvalue weighted by atomic mass is 10.2. The zero-order chi connectivity index (χ0) is 19.8. The van der Waals surface area contributed by atoms with E-state index < -0.39 is 0 Å². The predicted octanol–water partition coefficient (Wildman–Crippen LogP) is 1.05. The highest BCUT2D eigenvalue weighted by atomic mass is 32.1. The highest BCUT2D eigenvalue weighted by Gasteiger charge is 1.94. The summed E-state index contributed by atoms with van der Waals surface area (Å²) < 4.78 is 0. The molecule has 7 N–H and O–H groups in total. The summed E-state index contributed by atoms with van der Waals surface area (Å²) in [6, 6.07) is 0. The molecule has 9 nitrogen and oxygen atoms in total. The fourth-order valence-electron chi connectivity index (χ4n) is 1.38. The largest absolute Gasteiger partial charge is 0.375 e. The van der Waals surface area contributed by atoms with Crippen LogP contribution in [-0.2, 0) is 0 Å². The summed E-state index contributed by atoms with van der Waals surface area (Å²) in [5.41, 5.74) is 19.9. The van der Waals surface area contributed by atoms with E-state index in [1.54, 1.807) is 12.3 Å². The van der Waals surface area contributed by atoms with Crippen LogP contribution in [0.3, 0.4) is 0 Å². The van der Waals surface area contributed by atoms with Gasteiger partial charge in [-0.3, -0.25) is 10.9 Å². The Bertz CT molecular complexity index is 646. The molecule has 0 spiro atoms. The molecule has 0 amide bonds. The molecule has 0 aliphatic carbocycles. The Morgan fingerprint density at radius 3 is 2.27 bits per heavy atom. The first-order chi connectivity index (χ1) is 12.3. The number of hydrogen-bond donors (Lipinski definition) is 5. The van der Waals surface area contributed by atoms with Gasteiger partial charge in [-0.2, -0.15) is 10.2 Å². The van der Waals surface area contributed by atoms with E-state index in [0.29, 0.717) is 30.8 Å². The maximum atomic E-state index is 5.28. The summed E-state index contributed by atoms with van der Waals surface area (Å²) in [5, 5.41) is 12.2. The van der Waals surface area contributed by atoms with E-state index in [-0.39, 0.29) is 10.2 Å². The Morgan fingerprint density at radius 2 is 1.62 bits per heavy atom. The minimum atomic E-state index is 0.0967. The topological polar surface area (TPSA) is 138 Å². The summed E-state index contributed by atoms with van der Waals surface area (Å²) in [5.74, 6) is 2.66. The van der Waals surface area contributed by atoms with Crippen LogP contribution in [0.15, 0.2) is 26.4 Å². The zero-order valence-corrected chi connectivity index (χ0v) is 17.1. The van der Waals surface area contributed by atoms with Crippen molar-refractivity contribution < 1.29 is 0 Å². The van der Waals surface area contributed by atoms with Crippen LogP contribution in [0.25, 0.3) is 0 Å². The van der Waals surface area contributed by atoms with E-state index in [1.165, 1.54) is 0 Å². The normalized spacial score (nSPS) is 11.5. The van der Waals surface area contributed by atoms with Crippen molar-refractivity contribution >= 4 is 75.5 Å². The van der Waals surface area contributed by atoms with Gasteiger partial charge in [-0.25, -0.2) is 10.4 Å². The van der Waals surface area contributed by atoms with Gasteiger partial charge in [0, 0.05) is 23.5 Å². The first-order valence-electron chi connectivity index (χ1n) is 7.58. The molecule has 0 heterocycles. The zero-order valence-electron chi connectivity index (χ0n) is 14.7. The molecule has 0 radical (unpaired) electrons. The van der Waals surface area contributed by atoms with Gasteiger partial charge in [0.1, 0.15) is 0 Å². The monoisotopic (exact) mass is 413 g/mol. The van der Waals surface area contributed by atoms with Gasteiger partial charge >= 0.3 is 0 Å². The van der Waals surface area contributed by atoms with Crippen LogP contribution in [0, 0.1) is 0 Å². The molecule has 0 aromatic rings. The Hall–Kier alpha value is -2.27. The molecule has 0 aliphatic heterocycles. The van der Waals surface area contributed by atoms with Gasteiger partial charge < -0.3 is 11.5 Å². The Morgan fingerprint density at radius 1 is 0.962 bits per heavy atom. The quantitative estimate of drug-likeness (QED) is 0.215. The minimum Gasteiger partial charge on any atom is -0.375 e. The van der Waals surface area contributed by atoms with E-state index in [2.05, 4.69) is 66.9 Å². The average Bonchev–Trinajstić information content (AvgIpc) is 2.55. The number of nitrogens with zero attached hydrogens (tertiary/aromatic N) is 4. The Labute approximate surface area is 169 Å². The molecule has 0 aromatic carbocycles. The van der Waals surface area contributed by atoms with Gasteiger partial charge in [0.25, 0.3) is 0 Å². The fourth-order valence-corrected chi connectivity index (χ4v) is 1.68. The number of hydrogen-bond acceptors (Lipinski definition) is 6. The van der Waals surface area contributed by atoms with E-state index in [9.17, 15) is 0 Å². The van der Waals surface area contributed by atoms with Crippen molar-refractivity contribution in [3.8, 4) is 0 Å². The maximum absolute atomic E-state index is 5.28. The van der Waals surface area contributed by atoms with Crippen molar-refractivity contribution in [2.75, 3.05) is 0 Å². The predicted molar refractivity (Wildman–Crippen MR) is 121 cm³/mol. The van der Waals surface area contributed by atoms with E-state index >= 15 is 0 Å². The molecule has 12 heteroatoms. The van der Waals surface area contributed by atoms with Crippen LogP contribution in [0.2, 0.25) is 0 Å². The molecule has 0 rings (SSSR count). The van der Waals surface area contributed by atoms with Crippen LogP contribution in [0.5, 0.6) is 0 Å². The van der Waals surface area contributed by atoms with Gasteiger partial charge in [-0.15, -0.1) is 5.10 Å². The van der Waals surface area contributed by atoms with Crippen molar-refractivity contribution in [1.29, 1.82) is 0 Å². The molecule has 0 saturated heterocycles. The Balaban J connectivity index is 4.06. The third kappa shape index (κ3) is 16.6. The van der Waals surface area contributed by atoms with Crippen molar-refractivity contribution in [3.63, 3.8) is 0 Å². The lowest BCUT2D eigenvalue weighted by Gasteiger charge is -2.00. The fraction of sp³-hybridized carbons (Fsp3) is 0.429. The Kier molecular flexibility index (Phi) is 13.7. The second kappa shape index (κ2) is 15.0. The number of allylic oxidation sites excluding steroid dienone is 1. The molecular weight excluding hydrogens is 390 g/mol. The summed E-state index contributed by atoms with van der Waals surface area (Å²) in [7, 11) is 0. The average molecular weight is 414 g/mol. The molecule has 0 atom stereocenters. The second-order valence-corrected chi connectivity index (χ2v) is 6.16. The third-order valence-electron chi connectivity index (χ3n) is 2.51. The summed E-state index contributed by atoms with van der Waals surface area (Å²) in [6.07, 6.45) is 6.28. The van der Waals surface area contributed by atoms with Gasteiger partial charge in [0.15, 0.2) is 10.2 Å². The highest BCUT2D eigenvalue weighted by Crippen LogP contribution is 1.94. The van der Waals surface area contributed by atoms with Gasteiger partial charge in [0.2, 0.25) is 5.11 Å². The number of hydrazone groups is 3. The lowest BCUT2D eigenvalue weighted by Crippen LogP contribution is -2.25. The summed E-state index contributed by atoms with van der Waals surface area (Å²) in [6.45, 7) is 3.74. The number of rotatable bonds is 9. The number of nitrogens with one attached hydrogen (secondary N) is 3. The number of thiocarbonyl (C=S) groups is 3. The van der Waals surface area contributed by atoms with Gasteiger partial charge in [-0.05, 0) is 82.3 Å². The van der Waals surface area contributed by atoms with Crippen molar-refractivity contribution in [1.82, 2.24) is 16.3 Å². The second-order valence-electron chi connectivity index (χ2n) is 4.90. The number of nitrogens with two attached hydrogens (primary N) is 2. The first-order valence-corrected chi connectivity index (χ1v) is 8.80. The van der Waals surface area contributed by atoms with Crippen molar-refractivity contribution in [3.05, 3.63) is 6.08 Å². The van der Waals surface area contributed by atoms with Gasteiger partial charge in [0.05, 0.1) is 0 Å². The van der Waals surface area contributed by atoms with Crippen LogP contribution in [-0.4, -0.2) is 38.8 Å². The molecule has 0 aliphatic rings. The molecule has 142 valence electrons. The van der Waals surface area contributed by atoms with Gasteiger partial charge in [-0.1, -0.05) is 0 Å². The smallest absolute Gasteiger partial charge is 0.213 e. The molecule has 0 unspecified atom stereocenters. The van der Waals surface area contributed by atoms with E-state index in [0.717, 1.165) is 11.4 Å². The SMILES string of the molecule is CC(CCC=C=NNC(N)=S)=NC(=S)N/N=C/CC/C(C)=N/NC(N)=S. The minimum absolute atomic E-state index is 0.0967. The molecule has 26 heavy (non-hydrogen) atoms. The summed E-state index contributed by atoms with van der Waals surface area (Å²) >= 11 is 14.4. The number of aliphatic imine (C=N–C) groups is 1. The molecule has 0 bridgehead atoms. The molecule has 0 aromatic heterocycles. The third-order valence-corrected chi connectivity index (χ3v) is 2.87. The van der Waals surface area contributed by atoms with E-state index in [4.69, 9.17) is 23.7 Å². The van der Waals surface area contributed by atoms with E-state index in [1.807, 2.05) is 13.8 Å². The molecular formula is C14H23N9S3. The highest BCUT2D eigenvalue weighted by molar-refractivity contribution is 7.80. The molecule has 0 saturated carbocycles. The standard InChI is InChI=1S/C14H23N9S3/c1-10(6-3-4-8-17-21-12(15)24)19-14(26)23-18-9-5-7-11(2)20-22-13(16)25/h4,9H,3,5-7H2,1-2H3,(H,23,26)(H3,15,21,24)(H3,16,22,25)/b18-9+,19-10?,20-11+.